The van der Waals surface area contributed by atoms with Crippen LogP contribution in [0, 0.1) is 0 Å². The van der Waals surface area contributed by atoms with Crippen LogP contribution in [-0.2, 0) is 11.2 Å². The fraction of sp³-hybridized carbons (Fsp3) is 0.714. The maximum atomic E-state index is 6.28. The van der Waals surface area contributed by atoms with Crippen LogP contribution in [-0.4, -0.2) is 42.8 Å². The van der Waals surface area contributed by atoms with Gasteiger partial charge in [-0.2, -0.15) is 11.3 Å². The maximum absolute atomic E-state index is 6.28. The van der Waals surface area contributed by atoms with Gasteiger partial charge in [0, 0.05) is 25.2 Å². The molecule has 2 unspecified atom stereocenters. The van der Waals surface area contributed by atoms with Crippen molar-refractivity contribution >= 4 is 11.3 Å². The molecule has 0 amide bonds. The molecular formula is C14H24N2OS. The maximum Gasteiger partial charge on any atom is 0.0853 e. The molecule has 4 heteroatoms. The smallest absolute Gasteiger partial charge is 0.0853 e. The Bertz CT molecular complexity index is 340. The second kappa shape index (κ2) is 6.66. The van der Waals surface area contributed by atoms with E-state index in [1.165, 1.54) is 5.56 Å². The molecule has 0 spiro atoms. The molecular weight excluding hydrogens is 244 g/mol. The molecule has 1 aliphatic rings. The van der Waals surface area contributed by atoms with E-state index in [1.54, 1.807) is 11.3 Å². The quantitative estimate of drug-likeness (QED) is 0.889. The number of hydrogen-bond acceptors (Lipinski definition) is 4. The van der Waals surface area contributed by atoms with E-state index < -0.39 is 0 Å². The summed E-state index contributed by atoms with van der Waals surface area (Å²) in [4.78, 5) is 2.46. The Morgan fingerprint density at radius 3 is 3.06 bits per heavy atom. The number of hydrogen-bond donors (Lipinski definition) is 1. The summed E-state index contributed by atoms with van der Waals surface area (Å²) in [6, 6.07) is 2.91. The highest BCUT2D eigenvalue weighted by Crippen LogP contribution is 2.15. The third-order valence-corrected chi connectivity index (χ3v) is 4.41. The molecule has 2 atom stereocenters. The molecule has 0 radical (unpaired) electrons. The van der Waals surface area contributed by atoms with E-state index in [9.17, 15) is 0 Å². The average Bonchev–Trinajstić information content (AvgIpc) is 2.89. The van der Waals surface area contributed by atoms with Crippen molar-refractivity contribution in [1.29, 1.82) is 0 Å². The normalized spacial score (nSPS) is 23.4. The predicted octanol–water partition coefficient (Wildman–Crippen LogP) is 2.12. The van der Waals surface area contributed by atoms with E-state index in [-0.39, 0.29) is 12.1 Å². The Morgan fingerprint density at radius 1 is 1.56 bits per heavy atom. The number of aryl methyl sites for hydroxylation is 1. The number of ether oxygens (including phenoxy) is 1. The van der Waals surface area contributed by atoms with Gasteiger partial charge in [0.25, 0.3) is 0 Å². The molecule has 1 aromatic heterocycles. The van der Waals surface area contributed by atoms with Crippen molar-refractivity contribution in [3.8, 4) is 0 Å². The Kier molecular flexibility index (Phi) is 5.18. The number of nitrogens with zero attached hydrogens (tertiary/aromatic N) is 1. The van der Waals surface area contributed by atoms with E-state index in [4.69, 9.17) is 10.5 Å². The van der Waals surface area contributed by atoms with Gasteiger partial charge in [-0.25, -0.2) is 0 Å². The summed E-state index contributed by atoms with van der Waals surface area (Å²) < 4.78 is 5.83. The van der Waals surface area contributed by atoms with Crippen molar-refractivity contribution in [1.82, 2.24) is 4.90 Å². The Morgan fingerprint density at radius 2 is 2.39 bits per heavy atom. The van der Waals surface area contributed by atoms with Gasteiger partial charge in [0.2, 0.25) is 0 Å². The van der Waals surface area contributed by atoms with Crippen LogP contribution in [0.15, 0.2) is 16.8 Å². The molecule has 2 heterocycles. The van der Waals surface area contributed by atoms with Crippen molar-refractivity contribution < 1.29 is 4.74 Å². The van der Waals surface area contributed by atoms with Gasteiger partial charge in [0.05, 0.1) is 12.7 Å². The van der Waals surface area contributed by atoms with Crippen LogP contribution in [0.2, 0.25) is 0 Å². The monoisotopic (exact) mass is 268 g/mol. The molecule has 18 heavy (non-hydrogen) atoms. The van der Waals surface area contributed by atoms with Gasteiger partial charge in [-0.1, -0.05) is 0 Å². The van der Waals surface area contributed by atoms with Gasteiger partial charge < -0.3 is 10.5 Å². The van der Waals surface area contributed by atoms with Crippen molar-refractivity contribution in [2.75, 3.05) is 19.7 Å². The second-order valence-corrected chi connectivity index (χ2v) is 6.11. The van der Waals surface area contributed by atoms with Crippen molar-refractivity contribution in [2.45, 2.75) is 44.9 Å². The largest absolute Gasteiger partial charge is 0.374 e. The summed E-state index contributed by atoms with van der Waals surface area (Å²) in [5, 5.41) is 4.33. The lowest BCUT2D eigenvalue weighted by Gasteiger charge is -2.37. The van der Waals surface area contributed by atoms with Crippen LogP contribution in [0.25, 0.3) is 0 Å². The van der Waals surface area contributed by atoms with Gasteiger partial charge in [-0.15, -0.1) is 0 Å². The summed E-state index contributed by atoms with van der Waals surface area (Å²) in [7, 11) is 0. The first-order chi connectivity index (χ1) is 8.66. The minimum atomic E-state index is 0.145. The fourth-order valence-corrected chi connectivity index (χ4v) is 3.08. The minimum Gasteiger partial charge on any atom is -0.374 e. The summed E-state index contributed by atoms with van der Waals surface area (Å²) in [6.45, 7) is 7.29. The van der Waals surface area contributed by atoms with Crippen molar-refractivity contribution in [3.63, 3.8) is 0 Å². The highest BCUT2D eigenvalue weighted by Gasteiger charge is 2.26. The van der Waals surface area contributed by atoms with Crippen molar-refractivity contribution in [3.05, 3.63) is 22.4 Å². The SMILES string of the molecule is CC(C)N1CCOC(C(N)CCc2ccsc2)C1. The van der Waals surface area contributed by atoms with Crippen LogP contribution in [0.1, 0.15) is 25.8 Å². The van der Waals surface area contributed by atoms with E-state index in [0.717, 1.165) is 32.5 Å². The van der Waals surface area contributed by atoms with Crippen LogP contribution in [0.4, 0.5) is 0 Å². The zero-order valence-electron chi connectivity index (χ0n) is 11.3. The molecule has 0 aliphatic carbocycles. The lowest BCUT2D eigenvalue weighted by atomic mass is 10.0. The Hall–Kier alpha value is -0.420. The third kappa shape index (κ3) is 3.79. The van der Waals surface area contributed by atoms with Gasteiger partial charge in [0.15, 0.2) is 0 Å². The molecule has 1 saturated heterocycles. The van der Waals surface area contributed by atoms with Gasteiger partial charge in [-0.3, -0.25) is 4.90 Å². The first-order valence-corrected chi connectivity index (χ1v) is 7.73. The lowest BCUT2D eigenvalue weighted by Crippen LogP contribution is -2.52. The van der Waals surface area contributed by atoms with Crippen LogP contribution in [0.5, 0.6) is 0 Å². The number of rotatable bonds is 5. The van der Waals surface area contributed by atoms with E-state index in [0.29, 0.717) is 6.04 Å². The highest BCUT2D eigenvalue weighted by atomic mass is 32.1. The summed E-state index contributed by atoms with van der Waals surface area (Å²) in [5.41, 5.74) is 7.67. The van der Waals surface area contributed by atoms with Gasteiger partial charge in [0.1, 0.15) is 0 Å². The first kappa shape index (κ1) is 14.0. The molecule has 0 aromatic carbocycles. The molecule has 2 rings (SSSR count). The molecule has 0 bridgehead atoms. The molecule has 1 aromatic rings. The van der Waals surface area contributed by atoms with Crippen molar-refractivity contribution in [2.24, 2.45) is 5.73 Å². The molecule has 2 N–H and O–H groups in total. The predicted molar refractivity (Wildman–Crippen MR) is 77.1 cm³/mol. The van der Waals surface area contributed by atoms with E-state index in [2.05, 4.69) is 35.6 Å². The first-order valence-electron chi connectivity index (χ1n) is 6.79. The molecule has 1 aliphatic heterocycles. The second-order valence-electron chi connectivity index (χ2n) is 5.33. The van der Waals surface area contributed by atoms with E-state index >= 15 is 0 Å². The lowest BCUT2D eigenvalue weighted by molar-refractivity contribution is -0.0506. The number of nitrogens with two attached hydrogens (primary N) is 1. The summed E-state index contributed by atoms with van der Waals surface area (Å²) in [6.07, 6.45) is 2.26. The standard InChI is InChI=1S/C14H24N2OS/c1-11(2)16-6-7-17-14(9-16)13(15)4-3-12-5-8-18-10-12/h5,8,10-11,13-14H,3-4,6-7,9,15H2,1-2H3. The molecule has 0 saturated carbocycles. The Balaban J connectivity index is 1.79. The van der Waals surface area contributed by atoms with Gasteiger partial charge in [-0.05, 0) is 49.1 Å². The van der Waals surface area contributed by atoms with Crippen LogP contribution >= 0.6 is 11.3 Å². The summed E-state index contributed by atoms with van der Waals surface area (Å²) in [5.74, 6) is 0. The minimum absolute atomic E-state index is 0.145. The zero-order chi connectivity index (χ0) is 13.0. The third-order valence-electron chi connectivity index (χ3n) is 3.68. The average molecular weight is 268 g/mol. The Labute approximate surface area is 114 Å². The molecule has 1 fully saturated rings. The summed E-state index contributed by atoms with van der Waals surface area (Å²) >= 11 is 1.75. The highest BCUT2D eigenvalue weighted by molar-refractivity contribution is 7.07. The van der Waals surface area contributed by atoms with E-state index in [1.807, 2.05) is 0 Å². The van der Waals surface area contributed by atoms with Crippen LogP contribution < -0.4 is 5.73 Å². The number of morpholine rings is 1. The number of thiophene rings is 1. The van der Waals surface area contributed by atoms with Crippen LogP contribution in [0.3, 0.4) is 0 Å². The zero-order valence-corrected chi connectivity index (χ0v) is 12.2. The topological polar surface area (TPSA) is 38.5 Å². The van der Waals surface area contributed by atoms with Gasteiger partial charge >= 0.3 is 0 Å². The fourth-order valence-electron chi connectivity index (χ4n) is 2.38. The molecule has 102 valence electrons. The molecule has 3 nitrogen and oxygen atoms in total.